The molecule has 0 bridgehead atoms. The molecule has 0 unspecified atom stereocenters. The predicted octanol–water partition coefficient (Wildman–Crippen LogP) is 3.36. The van der Waals surface area contributed by atoms with Crippen molar-refractivity contribution in [2.24, 2.45) is 0 Å². The standard InChI is InChI=1S/C11H12ClN/c1-2-9-5-6-10(4-3-7-13)11(12)8-9/h5-6,8H,2-4H2,1H3. The third-order valence-electron chi connectivity index (χ3n) is 2.03. The summed E-state index contributed by atoms with van der Waals surface area (Å²) in [5.74, 6) is 0. The molecule has 68 valence electrons. The Balaban J connectivity index is 2.80. The summed E-state index contributed by atoms with van der Waals surface area (Å²) in [6.07, 6.45) is 2.28. The number of hydrogen-bond donors (Lipinski definition) is 0. The highest BCUT2D eigenvalue weighted by atomic mass is 35.5. The fraction of sp³-hybridized carbons (Fsp3) is 0.364. The molecule has 0 fully saturated rings. The van der Waals surface area contributed by atoms with Gasteiger partial charge in [-0.1, -0.05) is 30.7 Å². The topological polar surface area (TPSA) is 23.8 Å². The first-order chi connectivity index (χ1) is 6.27. The van der Waals surface area contributed by atoms with Crippen LogP contribution in [0.1, 0.15) is 24.5 Å². The zero-order chi connectivity index (χ0) is 9.68. The zero-order valence-electron chi connectivity index (χ0n) is 7.68. The first kappa shape index (κ1) is 10.1. The van der Waals surface area contributed by atoms with Crippen molar-refractivity contribution in [2.75, 3.05) is 0 Å². The van der Waals surface area contributed by atoms with Crippen LogP contribution in [0.25, 0.3) is 0 Å². The summed E-state index contributed by atoms with van der Waals surface area (Å²) in [6, 6.07) is 8.17. The molecule has 0 saturated heterocycles. The van der Waals surface area contributed by atoms with Crippen molar-refractivity contribution in [3.63, 3.8) is 0 Å². The van der Waals surface area contributed by atoms with Crippen molar-refractivity contribution < 1.29 is 0 Å². The molecule has 0 atom stereocenters. The van der Waals surface area contributed by atoms with E-state index in [1.54, 1.807) is 0 Å². The molecule has 13 heavy (non-hydrogen) atoms. The second-order valence-corrected chi connectivity index (χ2v) is 3.34. The number of halogens is 1. The molecule has 0 aliphatic carbocycles. The van der Waals surface area contributed by atoms with Crippen LogP contribution in [0.2, 0.25) is 5.02 Å². The third kappa shape index (κ3) is 2.75. The van der Waals surface area contributed by atoms with Crippen LogP contribution >= 0.6 is 11.6 Å². The van der Waals surface area contributed by atoms with E-state index in [4.69, 9.17) is 16.9 Å². The molecule has 0 aromatic heterocycles. The minimum atomic E-state index is 0.533. The fourth-order valence-electron chi connectivity index (χ4n) is 1.20. The van der Waals surface area contributed by atoms with Gasteiger partial charge in [0.05, 0.1) is 6.07 Å². The van der Waals surface area contributed by atoms with Crippen LogP contribution in [0.4, 0.5) is 0 Å². The zero-order valence-corrected chi connectivity index (χ0v) is 8.43. The maximum Gasteiger partial charge on any atom is 0.0625 e. The highest BCUT2D eigenvalue weighted by Crippen LogP contribution is 2.19. The predicted molar refractivity (Wildman–Crippen MR) is 54.8 cm³/mol. The largest absolute Gasteiger partial charge is 0.198 e. The molecular formula is C11H12ClN. The van der Waals surface area contributed by atoms with Crippen LogP contribution in [0.3, 0.4) is 0 Å². The Kier molecular flexibility index (Phi) is 3.79. The summed E-state index contributed by atoms with van der Waals surface area (Å²) >= 11 is 6.03. The lowest BCUT2D eigenvalue weighted by Crippen LogP contribution is -1.88. The van der Waals surface area contributed by atoms with E-state index in [9.17, 15) is 0 Å². The monoisotopic (exact) mass is 193 g/mol. The van der Waals surface area contributed by atoms with Gasteiger partial charge < -0.3 is 0 Å². The molecule has 1 aromatic rings. The van der Waals surface area contributed by atoms with Gasteiger partial charge in [-0.2, -0.15) is 5.26 Å². The molecule has 2 heteroatoms. The summed E-state index contributed by atoms with van der Waals surface area (Å²) in [5.41, 5.74) is 2.31. The Hall–Kier alpha value is -1.00. The van der Waals surface area contributed by atoms with Crippen LogP contribution < -0.4 is 0 Å². The van der Waals surface area contributed by atoms with Crippen LogP contribution in [-0.2, 0) is 12.8 Å². The van der Waals surface area contributed by atoms with E-state index in [2.05, 4.69) is 19.1 Å². The van der Waals surface area contributed by atoms with E-state index in [1.807, 2.05) is 12.1 Å². The van der Waals surface area contributed by atoms with E-state index < -0.39 is 0 Å². The molecule has 0 aliphatic heterocycles. The van der Waals surface area contributed by atoms with Crippen LogP contribution in [0, 0.1) is 11.3 Å². The van der Waals surface area contributed by atoms with Crippen molar-refractivity contribution >= 4 is 11.6 Å². The second-order valence-electron chi connectivity index (χ2n) is 2.94. The Bertz CT molecular complexity index is 325. The third-order valence-corrected chi connectivity index (χ3v) is 2.38. The van der Waals surface area contributed by atoms with Crippen molar-refractivity contribution in [3.8, 4) is 6.07 Å². The smallest absolute Gasteiger partial charge is 0.0625 e. The number of hydrogen-bond acceptors (Lipinski definition) is 1. The number of nitrogens with zero attached hydrogens (tertiary/aromatic N) is 1. The number of nitriles is 1. The quantitative estimate of drug-likeness (QED) is 0.722. The summed E-state index contributed by atoms with van der Waals surface area (Å²) in [4.78, 5) is 0. The summed E-state index contributed by atoms with van der Waals surface area (Å²) < 4.78 is 0. The number of benzene rings is 1. The van der Waals surface area contributed by atoms with E-state index in [0.717, 1.165) is 23.4 Å². The fourth-order valence-corrected chi connectivity index (χ4v) is 1.50. The maximum absolute atomic E-state index is 8.43. The Labute approximate surface area is 84.0 Å². The average molecular weight is 194 g/mol. The average Bonchev–Trinajstić information content (AvgIpc) is 2.16. The molecule has 1 rings (SSSR count). The molecule has 0 aliphatic rings. The minimum Gasteiger partial charge on any atom is -0.198 e. The summed E-state index contributed by atoms with van der Waals surface area (Å²) in [5, 5.41) is 9.21. The Morgan fingerprint density at radius 3 is 2.77 bits per heavy atom. The highest BCUT2D eigenvalue weighted by molar-refractivity contribution is 6.31. The van der Waals surface area contributed by atoms with Gasteiger partial charge in [-0.05, 0) is 30.0 Å². The van der Waals surface area contributed by atoms with Gasteiger partial charge in [0.1, 0.15) is 0 Å². The minimum absolute atomic E-state index is 0.533. The Morgan fingerprint density at radius 2 is 2.23 bits per heavy atom. The van der Waals surface area contributed by atoms with E-state index in [1.165, 1.54) is 5.56 Å². The molecule has 0 N–H and O–H groups in total. The van der Waals surface area contributed by atoms with Crippen molar-refractivity contribution in [1.29, 1.82) is 5.26 Å². The highest BCUT2D eigenvalue weighted by Gasteiger charge is 2.00. The Morgan fingerprint density at radius 1 is 1.46 bits per heavy atom. The van der Waals surface area contributed by atoms with Gasteiger partial charge in [0.15, 0.2) is 0 Å². The lowest BCUT2D eigenvalue weighted by atomic mass is 10.1. The second kappa shape index (κ2) is 4.89. The first-order valence-electron chi connectivity index (χ1n) is 4.42. The lowest BCUT2D eigenvalue weighted by molar-refractivity contribution is 1.01. The van der Waals surface area contributed by atoms with Gasteiger partial charge in [0.2, 0.25) is 0 Å². The molecule has 0 saturated carbocycles. The number of aryl methyl sites for hydroxylation is 2. The summed E-state index contributed by atoms with van der Waals surface area (Å²) in [7, 11) is 0. The van der Waals surface area contributed by atoms with Gasteiger partial charge in [-0.15, -0.1) is 0 Å². The van der Waals surface area contributed by atoms with E-state index in [-0.39, 0.29) is 0 Å². The van der Waals surface area contributed by atoms with E-state index >= 15 is 0 Å². The van der Waals surface area contributed by atoms with Crippen molar-refractivity contribution in [3.05, 3.63) is 34.3 Å². The number of rotatable bonds is 3. The molecule has 1 nitrogen and oxygen atoms in total. The molecule has 0 spiro atoms. The molecule has 0 amide bonds. The van der Waals surface area contributed by atoms with Crippen molar-refractivity contribution in [1.82, 2.24) is 0 Å². The molecule has 0 radical (unpaired) electrons. The molecule has 1 aromatic carbocycles. The van der Waals surface area contributed by atoms with Crippen molar-refractivity contribution in [2.45, 2.75) is 26.2 Å². The SMILES string of the molecule is CCc1ccc(CCC#N)c(Cl)c1. The normalized spacial score (nSPS) is 9.62. The van der Waals surface area contributed by atoms with Crippen LogP contribution in [-0.4, -0.2) is 0 Å². The summed E-state index contributed by atoms with van der Waals surface area (Å²) in [6.45, 7) is 2.10. The lowest BCUT2D eigenvalue weighted by Gasteiger charge is -2.03. The molecule has 0 heterocycles. The van der Waals surface area contributed by atoms with Gasteiger partial charge in [-0.3, -0.25) is 0 Å². The van der Waals surface area contributed by atoms with Gasteiger partial charge in [0.25, 0.3) is 0 Å². The molecular weight excluding hydrogens is 182 g/mol. The van der Waals surface area contributed by atoms with Crippen LogP contribution in [0.15, 0.2) is 18.2 Å². The van der Waals surface area contributed by atoms with E-state index in [0.29, 0.717) is 6.42 Å². The van der Waals surface area contributed by atoms with Gasteiger partial charge in [0, 0.05) is 11.4 Å². The van der Waals surface area contributed by atoms with Crippen LogP contribution in [0.5, 0.6) is 0 Å². The van der Waals surface area contributed by atoms with Gasteiger partial charge >= 0.3 is 0 Å². The maximum atomic E-state index is 8.43. The van der Waals surface area contributed by atoms with Gasteiger partial charge in [-0.25, -0.2) is 0 Å². The first-order valence-corrected chi connectivity index (χ1v) is 4.80.